The molecule has 0 radical (unpaired) electrons. The zero-order valence-corrected chi connectivity index (χ0v) is 22.9. The number of aliphatic hydroxyl groups is 1. The molecule has 4 rings (SSSR count). The van der Waals surface area contributed by atoms with E-state index in [1.807, 2.05) is 0 Å². The van der Waals surface area contributed by atoms with Crippen molar-refractivity contribution in [3.8, 4) is 0 Å². The second-order valence-electron chi connectivity index (χ2n) is 11.0. The molecule has 0 unspecified atom stereocenters. The first-order valence-electron chi connectivity index (χ1n) is 13.5. The molecule has 3 amide bonds. The normalized spacial score (nSPS) is 23.2. The number of nitrogens with zero attached hydrogens (tertiary/aromatic N) is 2. The van der Waals surface area contributed by atoms with Crippen molar-refractivity contribution in [1.29, 1.82) is 0 Å². The maximum atomic E-state index is 14.6. The number of alkyl halides is 3. The van der Waals surface area contributed by atoms with Gasteiger partial charge in [0.15, 0.2) is 0 Å². The van der Waals surface area contributed by atoms with Crippen LogP contribution in [0, 0.1) is 5.82 Å². The van der Waals surface area contributed by atoms with Crippen molar-refractivity contribution in [1.82, 2.24) is 20.4 Å². The number of halogens is 4. The molecule has 1 atom stereocenters. The lowest BCUT2D eigenvalue weighted by molar-refractivity contribution is -0.137. The van der Waals surface area contributed by atoms with Crippen molar-refractivity contribution in [3.63, 3.8) is 0 Å². The van der Waals surface area contributed by atoms with Gasteiger partial charge in [0.25, 0.3) is 11.8 Å². The van der Waals surface area contributed by atoms with Crippen LogP contribution in [0.25, 0.3) is 0 Å². The Labute approximate surface area is 235 Å². The molecule has 2 aromatic carbocycles. The summed E-state index contributed by atoms with van der Waals surface area (Å²) in [5.74, 6) is -2.32. The van der Waals surface area contributed by atoms with Gasteiger partial charge in [0, 0.05) is 44.8 Å². The van der Waals surface area contributed by atoms with Gasteiger partial charge in [-0.1, -0.05) is 12.1 Å². The average molecular weight is 579 g/mol. The zero-order chi connectivity index (χ0) is 29.9. The van der Waals surface area contributed by atoms with E-state index in [1.54, 1.807) is 20.2 Å². The first kappa shape index (κ1) is 30.4. The monoisotopic (exact) mass is 578 g/mol. The Hall–Kier alpha value is -3.51. The summed E-state index contributed by atoms with van der Waals surface area (Å²) in [7, 11) is 3.09. The van der Waals surface area contributed by atoms with E-state index in [1.165, 1.54) is 23.1 Å². The van der Waals surface area contributed by atoms with Gasteiger partial charge in [0.2, 0.25) is 5.91 Å². The Morgan fingerprint density at radius 3 is 2.41 bits per heavy atom. The highest BCUT2D eigenvalue weighted by Gasteiger charge is 2.39. The third kappa shape index (κ3) is 7.23. The Bertz CT molecular complexity index is 1290. The van der Waals surface area contributed by atoms with E-state index in [4.69, 9.17) is 0 Å². The first-order valence-corrected chi connectivity index (χ1v) is 13.5. The van der Waals surface area contributed by atoms with Gasteiger partial charge in [-0.15, -0.1) is 0 Å². The standard InChI is InChI=1S/C29H34F4N4O4/c1-36(2)27(40)23-7-6-19(15-24(23)30)28(41)11-8-22(9-12-28)37-13-10-21(17-37)35-25(38)16-34-26(39)18-4-3-5-20(14-18)29(31,32)33/h3-7,14-15,21-22,41H,8-13,16-17H2,1-2H3,(H,34,39)(H,35,38)/t21-,22?,28?/m1/s1. The van der Waals surface area contributed by atoms with Gasteiger partial charge in [-0.05, 0) is 68.0 Å². The highest BCUT2D eigenvalue weighted by atomic mass is 19.4. The lowest BCUT2D eigenvalue weighted by atomic mass is 9.77. The van der Waals surface area contributed by atoms with Crippen molar-refractivity contribution in [2.75, 3.05) is 33.7 Å². The Balaban J connectivity index is 1.24. The van der Waals surface area contributed by atoms with Crippen molar-refractivity contribution < 1.29 is 37.1 Å². The molecule has 1 aliphatic carbocycles. The van der Waals surface area contributed by atoms with Crippen LogP contribution in [0.3, 0.4) is 0 Å². The molecule has 0 spiro atoms. The Kier molecular flexibility index (Phi) is 9.03. The number of hydrogen-bond donors (Lipinski definition) is 3. The number of likely N-dealkylation sites (tertiary alicyclic amines) is 1. The lowest BCUT2D eigenvalue weighted by Crippen LogP contribution is -2.45. The van der Waals surface area contributed by atoms with E-state index in [-0.39, 0.29) is 29.8 Å². The minimum atomic E-state index is -4.57. The number of amides is 3. The van der Waals surface area contributed by atoms with Crippen LogP contribution >= 0.6 is 0 Å². The number of benzene rings is 2. The molecule has 3 N–H and O–H groups in total. The van der Waals surface area contributed by atoms with Gasteiger partial charge in [-0.3, -0.25) is 19.3 Å². The van der Waals surface area contributed by atoms with Crippen LogP contribution in [0.4, 0.5) is 17.6 Å². The van der Waals surface area contributed by atoms with Crippen LogP contribution in [0.1, 0.15) is 63.9 Å². The van der Waals surface area contributed by atoms with Crippen molar-refractivity contribution in [2.24, 2.45) is 0 Å². The molecule has 2 aliphatic rings. The SMILES string of the molecule is CN(C)C(=O)c1ccc(C2(O)CCC(N3CC[C@@H](NC(=O)CNC(=O)c4cccc(C(F)(F)F)c4)C3)CC2)cc1F. The summed E-state index contributed by atoms with van der Waals surface area (Å²) in [6, 6.07) is 8.28. The summed E-state index contributed by atoms with van der Waals surface area (Å²) >= 11 is 0. The fourth-order valence-corrected chi connectivity index (χ4v) is 5.57. The molecule has 1 saturated carbocycles. The van der Waals surface area contributed by atoms with Gasteiger partial charge < -0.3 is 20.6 Å². The molecule has 222 valence electrons. The van der Waals surface area contributed by atoms with E-state index in [0.717, 1.165) is 24.7 Å². The summed E-state index contributed by atoms with van der Waals surface area (Å²) in [6.45, 7) is 0.963. The van der Waals surface area contributed by atoms with E-state index >= 15 is 0 Å². The summed E-state index contributed by atoms with van der Waals surface area (Å²) in [4.78, 5) is 40.3. The molecule has 12 heteroatoms. The number of carbonyl (C=O) groups is 3. The molecule has 2 aromatic rings. The molecule has 1 heterocycles. The lowest BCUT2D eigenvalue weighted by Gasteiger charge is -2.40. The van der Waals surface area contributed by atoms with E-state index < -0.39 is 40.9 Å². The van der Waals surface area contributed by atoms with Crippen molar-refractivity contribution in [2.45, 2.75) is 56.0 Å². The van der Waals surface area contributed by atoms with Gasteiger partial charge in [-0.2, -0.15) is 13.2 Å². The molecular formula is C29H34F4N4O4. The fraction of sp³-hybridized carbons (Fsp3) is 0.483. The Morgan fingerprint density at radius 2 is 1.78 bits per heavy atom. The summed E-state index contributed by atoms with van der Waals surface area (Å²) in [5, 5.41) is 16.5. The maximum absolute atomic E-state index is 14.6. The van der Waals surface area contributed by atoms with Crippen LogP contribution in [0.5, 0.6) is 0 Å². The highest BCUT2D eigenvalue weighted by Crippen LogP contribution is 2.40. The summed E-state index contributed by atoms with van der Waals surface area (Å²) < 4.78 is 53.3. The predicted octanol–water partition coefficient (Wildman–Crippen LogP) is 3.30. The van der Waals surface area contributed by atoms with Crippen LogP contribution in [0.15, 0.2) is 42.5 Å². The first-order chi connectivity index (χ1) is 19.3. The molecule has 0 bridgehead atoms. The minimum Gasteiger partial charge on any atom is -0.385 e. The molecule has 8 nitrogen and oxygen atoms in total. The molecule has 2 fully saturated rings. The Morgan fingerprint density at radius 1 is 1.07 bits per heavy atom. The molecule has 1 aliphatic heterocycles. The van der Waals surface area contributed by atoms with Crippen LogP contribution in [-0.4, -0.2) is 78.4 Å². The van der Waals surface area contributed by atoms with E-state index in [9.17, 15) is 37.1 Å². The number of hydrogen-bond acceptors (Lipinski definition) is 5. The largest absolute Gasteiger partial charge is 0.416 e. The minimum absolute atomic E-state index is 0.0450. The molecule has 1 saturated heterocycles. The van der Waals surface area contributed by atoms with Gasteiger partial charge >= 0.3 is 6.18 Å². The smallest absolute Gasteiger partial charge is 0.385 e. The summed E-state index contributed by atoms with van der Waals surface area (Å²) in [5.41, 5.74) is -1.91. The highest BCUT2D eigenvalue weighted by molar-refractivity contribution is 5.96. The van der Waals surface area contributed by atoms with Crippen molar-refractivity contribution in [3.05, 3.63) is 70.5 Å². The maximum Gasteiger partial charge on any atom is 0.416 e. The van der Waals surface area contributed by atoms with Gasteiger partial charge in [-0.25, -0.2) is 4.39 Å². The number of rotatable bonds is 7. The van der Waals surface area contributed by atoms with E-state index in [2.05, 4.69) is 15.5 Å². The molecule has 41 heavy (non-hydrogen) atoms. The van der Waals surface area contributed by atoms with Crippen LogP contribution in [0.2, 0.25) is 0 Å². The fourth-order valence-electron chi connectivity index (χ4n) is 5.57. The molecule has 0 aromatic heterocycles. The zero-order valence-electron chi connectivity index (χ0n) is 22.9. The van der Waals surface area contributed by atoms with Gasteiger partial charge in [0.1, 0.15) is 5.82 Å². The second-order valence-corrected chi connectivity index (χ2v) is 11.0. The second kappa shape index (κ2) is 12.2. The summed E-state index contributed by atoms with van der Waals surface area (Å²) in [6.07, 6.45) is -1.69. The number of nitrogens with one attached hydrogen (secondary N) is 2. The van der Waals surface area contributed by atoms with E-state index in [0.29, 0.717) is 44.2 Å². The van der Waals surface area contributed by atoms with Gasteiger partial charge in [0.05, 0.1) is 23.3 Å². The van der Waals surface area contributed by atoms with Crippen LogP contribution in [-0.2, 0) is 16.6 Å². The topological polar surface area (TPSA) is 102 Å². The van der Waals surface area contributed by atoms with Crippen LogP contribution < -0.4 is 10.6 Å². The third-order valence-corrected chi connectivity index (χ3v) is 7.89. The predicted molar refractivity (Wildman–Crippen MR) is 142 cm³/mol. The average Bonchev–Trinajstić information content (AvgIpc) is 3.39. The van der Waals surface area contributed by atoms with Crippen molar-refractivity contribution >= 4 is 17.7 Å². The quantitative estimate of drug-likeness (QED) is 0.438. The third-order valence-electron chi connectivity index (χ3n) is 7.89. The molecular weight excluding hydrogens is 544 g/mol. The number of carbonyl (C=O) groups excluding carboxylic acids is 3.